The van der Waals surface area contributed by atoms with E-state index in [1.807, 2.05) is 6.21 Å². The third kappa shape index (κ3) is 3.19. The molecule has 1 heterocycles. The van der Waals surface area contributed by atoms with E-state index in [0.29, 0.717) is 6.04 Å². The van der Waals surface area contributed by atoms with Gasteiger partial charge in [-0.25, -0.2) is 0 Å². The summed E-state index contributed by atoms with van der Waals surface area (Å²) in [6, 6.07) is 0.327. The standard InChI is InChI=1S/C10H18N2O/c1-3-7-12-8-5-4-6-10(12)9-11-13-2/h4,6,9-10H,3,5,7-8H2,1-2H3/b11-9+. The van der Waals surface area contributed by atoms with E-state index in [-0.39, 0.29) is 0 Å². The fraction of sp³-hybridized carbons (Fsp3) is 0.700. The summed E-state index contributed by atoms with van der Waals surface area (Å²) in [7, 11) is 1.58. The number of rotatable bonds is 4. The summed E-state index contributed by atoms with van der Waals surface area (Å²) in [4.78, 5) is 7.09. The van der Waals surface area contributed by atoms with Crippen molar-refractivity contribution in [2.24, 2.45) is 5.16 Å². The van der Waals surface area contributed by atoms with Crippen LogP contribution in [0.1, 0.15) is 19.8 Å². The molecule has 0 saturated carbocycles. The number of hydrogen-bond acceptors (Lipinski definition) is 3. The van der Waals surface area contributed by atoms with E-state index in [0.717, 1.165) is 19.5 Å². The minimum absolute atomic E-state index is 0.327. The zero-order valence-corrected chi connectivity index (χ0v) is 8.44. The van der Waals surface area contributed by atoms with Crippen molar-refractivity contribution in [2.45, 2.75) is 25.8 Å². The summed E-state index contributed by atoms with van der Waals surface area (Å²) in [6.45, 7) is 4.46. The van der Waals surface area contributed by atoms with Crippen LogP contribution in [0.4, 0.5) is 0 Å². The molecule has 1 unspecified atom stereocenters. The Labute approximate surface area is 80.1 Å². The Morgan fingerprint density at radius 1 is 1.69 bits per heavy atom. The van der Waals surface area contributed by atoms with Crippen molar-refractivity contribution in [1.82, 2.24) is 4.90 Å². The van der Waals surface area contributed by atoms with Crippen molar-refractivity contribution >= 4 is 6.21 Å². The normalized spacial score (nSPS) is 24.0. The first-order valence-electron chi connectivity index (χ1n) is 4.86. The lowest BCUT2D eigenvalue weighted by Gasteiger charge is -2.28. The Hall–Kier alpha value is -0.830. The van der Waals surface area contributed by atoms with Gasteiger partial charge in [0.15, 0.2) is 0 Å². The van der Waals surface area contributed by atoms with Gasteiger partial charge in [-0.15, -0.1) is 0 Å². The van der Waals surface area contributed by atoms with Crippen LogP contribution in [-0.4, -0.2) is 37.4 Å². The van der Waals surface area contributed by atoms with E-state index in [4.69, 9.17) is 0 Å². The van der Waals surface area contributed by atoms with Gasteiger partial charge in [0, 0.05) is 6.54 Å². The molecule has 74 valence electrons. The third-order valence-corrected chi connectivity index (χ3v) is 2.17. The smallest absolute Gasteiger partial charge is 0.106 e. The van der Waals surface area contributed by atoms with Crippen LogP contribution in [0.5, 0.6) is 0 Å². The molecule has 1 atom stereocenters. The molecule has 0 N–H and O–H groups in total. The highest BCUT2D eigenvalue weighted by Crippen LogP contribution is 2.08. The highest BCUT2D eigenvalue weighted by molar-refractivity contribution is 5.66. The molecule has 0 aliphatic carbocycles. The molecule has 1 aliphatic rings. The maximum Gasteiger partial charge on any atom is 0.106 e. The van der Waals surface area contributed by atoms with Gasteiger partial charge in [-0.2, -0.15) is 0 Å². The van der Waals surface area contributed by atoms with Crippen molar-refractivity contribution in [3.63, 3.8) is 0 Å². The monoisotopic (exact) mass is 182 g/mol. The third-order valence-electron chi connectivity index (χ3n) is 2.17. The predicted molar refractivity (Wildman–Crippen MR) is 54.9 cm³/mol. The minimum atomic E-state index is 0.327. The van der Waals surface area contributed by atoms with Crippen LogP contribution in [0.25, 0.3) is 0 Å². The molecule has 0 aromatic heterocycles. The van der Waals surface area contributed by atoms with E-state index < -0.39 is 0 Å². The van der Waals surface area contributed by atoms with Gasteiger partial charge >= 0.3 is 0 Å². The van der Waals surface area contributed by atoms with Gasteiger partial charge in [0.05, 0.1) is 12.3 Å². The molecule has 0 aromatic carbocycles. The second-order valence-electron chi connectivity index (χ2n) is 3.18. The van der Waals surface area contributed by atoms with Crippen LogP contribution in [0, 0.1) is 0 Å². The van der Waals surface area contributed by atoms with Gasteiger partial charge in [0.25, 0.3) is 0 Å². The molecule has 3 nitrogen and oxygen atoms in total. The lowest BCUT2D eigenvalue weighted by atomic mass is 10.1. The number of nitrogens with zero attached hydrogens (tertiary/aromatic N) is 2. The van der Waals surface area contributed by atoms with Gasteiger partial charge in [-0.05, 0) is 19.4 Å². The van der Waals surface area contributed by atoms with Crippen LogP contribution in [-0.2, 0) is 4.84 Å². The zero-order chi connectivity index (χ0) is 9.52. The van der Waals surface area contributed by atoms with Crippen molar-refractivity contribution in [1.29, 1.82) is 0 Å². The van der Waals surface area contributed by atoms with Crippen molar-refractivity contribution in [2.75, 3.05) is 20.2 Å². The Morgan fingerprint density at radius 3 is 3.23 bits per heavy atom. The fourth-order valence-corrected chi connectivity index (χ4v) is 1.56. The van der Waals surface area contributed by atoms with Crippen LogP contribution in [0.2, 0.25) is 0 Å². The van der Waals surface area contributed by atoms with Crippen molar-refractivity contribution in [3.05, 3.63) is 12.2 Å². The number of oxime groups is 1. The first-order valence-corrected chi connectivity index (χ1v) is 4.86. The summed E-state index contributed by atoms with van der Waals surface area (Å²) >= 11 is 0. The molecule has 13 heavy (non-hydrogen) atoms. The van der Waals surface area contributed by atoms with Crippen LogP contribution < -0.4 is 0 Å². The molecule has 0 fully saturated rings. The predicted octanol–water partition coefficient (Wildman–Crippen LogP) is 1.66. The van der Waals surface area contributed by atoms with Gasteiger partial charge < -0.3 is 4.84 Å². The van der Waals surface area contributed by atoms with E-state index in [1.54, 1.807) is 7.11 Å². The molecule has 1 aliphatic heterocycles. The van der Waals surface area contributed by atoms with Crippen LogP contribution in [0.3, 0.4) is 0 Å². The molecule has 0 aromatic rings. The van der Waals surface area contributed by atoms with Crippen molar-refractivity contribution in [3.8, 4) is 0 Å². The quantitative estimate of drug-likeness (QED) is 0.375. The Bertz CT molecular complexity index is 189. The van der Waals surface area contributed by atoms with Crippen LogP contribution >= 0.6 is 0 Å². The highest BCUT2D eigenvalue weighted by atomic mass is 16.6. The van der Waals surface area contributed by atoms with Gasteiger partial charge in [-0.1, -0.05) is 24.2 Å². The first-order chi connectivity index (χ1) is 6.38. The molecule has 0 spiro atoms. The maximum absolute atomic E-state index is 4.68. The lowest BCUT2D eigenvalue weighted by Crippen LogP contribution is -2.38. The molecule has 0 radical (unpaired) electrons. The van der Waals surface area contributed by atoms with Gasteiger partial charge in [-0.3, -0.25) is 4.90 Å². The number of hydrogen-bond donors (Lipinski definition) is 0. The molecule has 0 bridgehead atoms. The van der Waals surface area contributed by atoms with Gasteiger partial charge in [0.2, 0.25) is 0 Å². The topological polar surface area (TPSA) is 24.8 Å². The average molecular weight is 182 g/mol. The molecule has 0 saturated heterocycles. The van der Waals surface area contributed by atoms with E-state index in [9.17, 15) is 0 Å². The van der Waals surface area contributed by atoms with E-state index >= 15 is 0 Å². The summed E-state index contributed by atoms with van der Waals surface area (Å²) in [5.74, 6) is 0. The molecule has 0 amide bonds. The second-order valence-corrected chi connectivity index (χ2v) is 3.18. The minimum Gasteiger partial charge on any atom is -0.399 e. The van der Waals surface area contributed by atoms with Crippen molar-refractivity contribution < 1.29 is 4.84 Å². The maximum atomic E-state index is 4.68. The summed E-state index contributed by atoms with van der Waals surface area (Å²) < 4.78 is 0. The summed E-state index contributed by atoms with van der Waals surface area (Å²) in [6.07, 6.45) is 8.58. The molecule has 3 heteroatoms. The highest BCUT2D eigenvalue weighted by Gasteiger charge is 2.15. The zero-order valence-electron chi connectivity index (χ0n) is 8.44. The second kappa shape index (κ2) is 5.75. The van der Waals surface area contributed by atoms with Gasteiger partial charge in [0.1, 0.15) is 7.11 Å². The molecular formula is C10H18N2O. The average Bonchev–Trinajstić information content (AvgIpc) is 2.17. The fourth-order valence-electron chi connectivity index (χ4n) is 1.56. The largest absolute Gasteiger partial charge is 0.399 e. The molecule has 1 rings (SSSR count). The SMILES string of the molecule is CCCN1CCC=CC1/C=N/OC. The summed E-state index contributed by atoms with van der Waals surface area (Å²) in [5, 5.41) is 3.81. The first kappa shape index (κ1) is 10.3. The van der Waals surface area contributed by atoms with E-state index in [2.05, 4.69) is 34.0 Å². The Balaban J connectivity index is 2.50. The molecular weight excluding hydrogens is 164 g/mol. The Kier molecular flexibility index (Phi) is 4.54. The summed E-state index contributed by atoms with van der Waals surface area (Å²) in [5.41, 5.74) is 0. The van der Waals surface area contributed by atoms with E-state index in [1.165, 1.54) is 6.42 Å². The Morgan fingerprint density at radius 2 is 2.54 bits per heavy atom. The lowest BCUT2D eigenvalue weighted by molar-refractivity contribution is 0.208. The van der Waals surface area contributed by atoms with Crippen LogP contribution in [0.15, 0.2) is 17.3 Å².